The number of hydrogen-bond acceptors (Lipinski definition) is 4. The first-order valence-corrected chi connectivity index (χ1v) is 9.15. The summed E-state index contributed by atoms with van der Waals surface area (Å²) in [6, 6.07) is 14.1. The second-order valence-electron chi connectivity index (χ2n) is 6.25. The smallest absolute Gasteiger partial charge is 0.300 e. The topological polar surface area (TPSA) is 71.9 Å². The summed E-state index contributed by atoms with van der Waals surface area (Å²) in [4.78, 5) is 39.7. The van der Waals surface area contributed by atoms with E-state index in [9.17, 15) is 14.4 Å². The molecule has 0 aliphatic heterocycles. The number of ketones is 1. The van der Waals surface area contributed by atoms with E-state index in [4.69, 9.17) is 0 Å². The van der Waals surface area contributed by atoms with Crippen molar-refractivity contribution in [3.63, 3.8) is 0 Å². The van der Waals surface area contributed by atoms with Crippen LogP contribution in [0.3, 0.4) is 0 Å². The second-order valence-corrected chi connectivity index (χ2v) is 7.13. The van der Waals surface area contributed by atoms with Crippen LogP contribution in [0.2, 0.25) is 0 Å². The van der Waals surface area contributed by atoms with Gasteiger partial charge in [-0.3, -0.25) is 19.1 Å². The van der Waals surface area contributed by atoms with Gasteiger partial charge in [-0.25, -0.2) is 4.79 Å². The molecule has 2 aromatic carbocycles. The molecule has 2 aromatic heterocycles. The number of carbonyl (C=O) groups excluding carboxylic acids is 1. The minimum absolute atomic E-state index is 0.0588. The van der Waals surface area contributed by atoms with Crippen LogP contribution in [-0.4, -0.2) is 15.3 Å². The third kappa shape index (κ3) is 2.78. The lowest BCUT2D eigenvalue weighted by Crippen LogP contribution is -2.35. The highest BCUT2D eigenvalue weighted by Crippen LogP contribution is 2.32. The zero-order chi connectivity index (χ0) is 18.3. The number of aromatic nitrogens is 2. The minimum Gasteiger partial charge on any atom is -0.300 e. The van der Waals surface area contributed by atoms with Crippen molar-refractivity contribution >= 4 is 38.1 Å². The zero-order valence-corrected chi connectivity index (χ0v) is 14.9. The van der Waals surface area contributed by atoms with Gasteiger partial charge in [-0.05, 0) is 29.3 Å². The fourth-order valence-corrected chi connectivity index (χ4v) is 4.05. The maximum absolute atomic E-state index is 12.9. The molecule has 130 valence electrons. The van der Waals surface area contributed by atoms with E-state index in [1.165, 1.54) is 18.3 Å². The van der Waals surface area contributed by atoms with Crippen molar-refractivity contribution in [2.45, 2.75) is 19.9 Å². The van der Waals surface area contributed by atoms with Gasteiger partial charge in [-0.15, -0.1) is 11.3 Å². The average Bonchev–Trinajstić information content (AvgIpc) is 3.04. The lowest BCUT2D eigenvalue weighted by Gasteiger charge is -2.06. The third-order valence-corrected chi connectivity index (χ3v) is 5.36. The molecule has 0 aliphatic carbocycles. The molecule has 5 nitrogen and oxygen atoms in total. The molecule has 0 radical (unpaired) electrons. The van der Waals surface area contributed by atoms with Crippen molar-refractivity contribution in [1.29, 1.82) is 0 Å². The van der Waals surface area contributed by atoms with E-state index in [2.05, 4.69) is 4.98 Å². The van der Waals surface area contributed by atoms with Crippen molar-refractivity contribution < 1.29 is 4.79 Å². The maximum atomic E-state index is 12.9. The molecule has 26 heavy (non-hydrogen) atoms. The molecule has 4 rings (SSSR count). The molecular weight excluding hydrogens is 348 g/mol. The van der Waals surface area contributed by atoms with Gasteiger partial charge in [0.15, 0.2) is 0 Å². The van der Waals surface area contributed by atoms with Crippen molar-refractivity contribution in [1.82, 2.24) is 9.55 Å². The van der Waals surface area contributed by atoms with Gasteiger partial charge < -0.3 is 0 Å². The first-order chi connectivity index (χ1) is 12.5. The first kappa shape index (κ1) is 16.5. The lowest BCUT2D eigenvalue weighted by molar-refractivity contribution is -0.117. The van der Waals surface area contributed by atoms with E-state index in [0.29, 0.717) is 10.2 Å². The molecule has 0 atom stereocenters. The molecule has 0 spiro atoms. The van der Waals surface area contributed by atoms with Crippen LogP contribution in [0, 0.1) is 0 Å². The summed E-state index contributed by atoms with van der Waals surface area (Å²) in [5, 5.41) is 4.60. The van der Waals surface area contributed by atoms with Gasteiger partial charge in [-0.1, -0.05) is 36.4 Å². The van der Waals surface area contributed by atoms with E-state index < -0.39 is 5.69 Å². The van der Waals surface area contributed by atoms with E-state index in [1.54, 1.807) is 0 Å². The average molecular weight is 364 g/mol. The summed E-state index contributed by atoms with van der Waals surface area (Å²) in [7, 11) is 0. The predicted octanol–water partition coefficient (Wildman–Crippen LogP) is 3.55. The number of H-pyrrole nitrogens is 1. The number of hydrogen-bond donors (Lipinski definition) is 1. The Balaban J connectivity index is 1.92. The number of fused-ring (bicyclic) bond motifs is 2. The van der Waals surface area contributed by atoms with Gasteiger partial charge in [0.2, 0.25) is 0 Å². The molecule has 2 heterocycles. The van der Waals surface area contributed by atoms with Crippen molar-refractivity contribution in [3.05, 3.63) is 68.7 Å². The first-order valence-electron chi connectivity index (χ1n) is 8.27. The number of aromatic amines is 1. The number of nitrogens with zero attached hydrogens (tertiary/aromatic N) is 1. The fourth-order valence-electron chi connectivity index (χ4n) is 3.10. The minimum atomic E-state index is -0.476. The van der Waals surface area contributed by atoms with Gasteiger partial charge in [0, 0.05) is 23.9 Å². The second kappa shape index (κ2) is 6.38. The summed E-state index contributed by atoms with van der Waals surface area (Å²) in [6.45, 7) is 1.54. The Kier molecular flexibility index (Phi) is 4.05. The van der Waals surface area contributed by atoms with Gasteiger partial charge in [0.1, 0.15) is 10.6 Å². The molecule has 0 aliphatic rings. The SMILES string of the molecule is CC(=O)CCn1c(=O)[nH]c2scc(-c3ccc4ccccc4c3)c2c1=O. The normalized spacial score (nSPS) is 11.3. The highest BCUT2D eigenvalue weighted by Gasteiger charge is 2.15. The lowest BCUT2D eigenvalue weighted by atomic mass is 10.0. The van der Waals surface area contributed by atoms with Gasteiger partial charge in [0.25, 0.3) is 5.56 Å². The highest BCUT2D eigenvalue weighted by molar-refractivity contribution is 7.17. The largest absolute Gasteiger partial charge is 0.329 e. The summed E-state index contributed by atoms with van der Waals surface area (Å²) < 4.78 is 1.11. The van der Waals surface area contributed by atoms with E-state index in [0.717, 1.165) is 26.5 Å². The number of nitrogens with one attached hydrogen (secondary N) is 1. The Morgan fingerprint density at radius 1 is 1.12 bits per heavy atom. The number of thiophene rings is 1. The number of Topliss-reactive ketones (excluding diaryl/α,β-unsaturated/α-hetero) is 1. The highest BCUT2D eigenvalue weighted by atomic mass is 32.1. The van der Waals surface area contributed by atoms with Crippen LogP contribution in [-0.2, 0) is 11.3 Å². The van der Waals surface area contributed by atoms with Crippen molar-refractivity contribution in [2.75, 3.05) is 0 Å². The van der Waals surface area contributed by atoms with Crippen LogP contribution in [0.1, 0.15) is 13.3 Å². The van der Waals surface area contributed by atoms with Crippen molar-refractivity contribution in [2.24, 2.45) is 0 Å². The molecule has 6 heteroatoms. The standard InChI is InChI=1S/C20H16N2O3S/c1-12(23)8-9-22-19(24)17-16(11-26-18(17)21-20(22)25)15-7-6-13-4-2-3-5-14(13)10-15/h2-7,10-11H,8-9H2,1H3,(H,21,25). The molecule has 4 aromatic rings. The quantitative estimate of drug-likeness (QED) is 0.602. The Morgan fingerprint density at radius 3 is 2.65 bits per heavy atom. The molecule has 0 amide bonds. The molecule has 0 unspecified atom stereocenters. The summed E-state index contributed by atoms with van der Waals surface area (Å²) in [5.74, 6) is -0.0588. The van der Waals surface area contributed by atoms with Crippen LogP contribution in [0.15, 0.2) is 57.4 Å². The van der Waals surface area contributed by atoms with Gasteiger partial charge >= 0.3 is 5.69 Å². The molecule has 0 saturated carbocycles. The van der Waals surface area contributed by atoms with Crippen LogP contribution < -0.4 is 11.2 Å². The zero-order valence-electron chi connectivity index (χ0n) is 14.1. The summed E-state index contributed by atoms with van der Waals surface area (Å²) >= 11 is 1.34. The number of benzene rings is 2. The maximum Gasteiger partial charge on any atom is 0.329 e. The number of carbonyl (C=O) groups is 1. The molecular formula is C20H16N2O3S. The van der Waals surface area contributed by atoms with E-state index in [1.807, 2.05) is 47.8 Å². The van der Waals surface area contributed by atoms with E-state index in [-0.39, 0.29) is 24.3 Å². The van der Waals surface area contributed by atoms with Crippen LogP contribution in [0.5, 0.6) is 0 Å². The third-order valence-electron chi connectivity index (χ3n) is 4.46. The Morgan fingerprint density at radius 2 is 1.88 bits per heavy atom. The van der Waals surface area contributed by atoms with Gasteiger partial charge in [0.05, 0.1) is 5.39 Å². The Labute approximate surface area is 152 Å². The molecule has 1 N–H and O–H groups in total. The Hall–Kier alpha value is -2.99. The molecule has 0 saturated heterocycles. The molecule has 0 fully saturated rings. The van der Waals surface area contributed by atoms with E-state index >= 15 is 0 Å². The van der Waals surface area contributed by atoms with Crippen LogP contribution in [0.25, 0.3) is 32.1 Å². The summed E-state index contributed by atoms with van der Waals surface area (Å²) in [5.41, 5.74) is 0.899. The van der Waals surface area contributed by atoms with Crippen LogP contribution >= 0.6 is 11.3 Å². The Bertz CT molecular complexity index is 1260. The van der Waals surface area contributed by atoms with Crippen LogP contribution in [0.4, 0.5) is 0 Å². The number of rotatable bonds is 4. The summed E-state index contributed by atoms with van der Waals surface area (Å²) in [6.07, 6.45) is 0.157. The van der Waals surface area contributed by atoms with Crippen molar-refractivity contribution in [3.8, 4) is 11.1 Å². The monoisotopic (exact) mass is 364 g/mol. The van der Waals surface area contributed by atoms with Gasteiger partial charge in [-0.2, -0.15) is 0 Å². The fraction of sp³-hybridized carbons (Fsp3) is 0.150. The molecule has 0 bridgehead atoms. The predicted molar refractivity (Wildman–Crippen MR) is 105 cm³/mol.